The second kappa shape index (κ2) is 5.29. The van der Waals surface area contributed by atoms with Crippen molar-refractivity contribution in [1.29, 1.82) is 0 Å². The zero-order chi connectivity index (χ0) is 10.6. The summed E-state index contributed by atoms with van der Waals surface area (Å²) in [5.74, 6) is -0.396. The summed E-state index contributed by atoms with van der Waals surface area (Å²) >= 11 is 5.59. The Kier molecular flexibility index (Phi) is 4.32. The van der Waals surface area contributed by atoms with Gasteiger partial charge in [-0.3, -0.25) is 0 Å². The predicted octanol–water partition coefficient (Wildman–Crippen LogP) is 2.03. The van der Waals surface area contributed by atoms with Gasteiger partial charge in [0.2, 0.25) is 0 Å². The van der Waals surface area contributed by atoms with Crippen molar-refractivity contribution in [1.82, 2.24) is 0 Å². The second-order valence-electron chi connectivity index (χ2n) is 3.05. The minimum absolute atomic E-state index is 0.196. The van der Waals surface area contributed by atoms with Crippen LogP contribution in [0, 0.1) is 5.82 Å². The van der Waals surface area contributed by atoms with Crippen molar-refractivity contribution < 1.29 is 14.2 Å². The first-order valence-corrected chi connectivity index (χ1v) is 4.62. The molecule has 0 aliphatic rings. The van der Waals surface area contributed by atoms with E-state index in [0.29, 0.717) is 10.6 Å². The van der Waals surface area contributed by atoms with Gasteiger partial charge in [-0.25, -0.2) is 4.39 Å². The Labute approximate surface area is 87.3 Å². The zero-order valence-corrected chi connectivity index (χ0v) is 8.59. The Hall–Kier alpha value is -0.640. The molecule has 1 aromatic carbocycles. The van der Waals surface area contributed by atoms with Crippen LogP contribution in [-0.2, 0) is 11.2 Å². The fraction of sp³-hybridized carbons (Fsp3) is 0.400. The summed E-state index contributed by atoms with van der Waals surface area (Å²) < 4.78 is 18.0. The highest BCUT2D eigenvalue weighted by Crippen LogP contribution is 2.15. The van der Waals surface area contributed by atoms with E-state index in [0.717, 1.165) is 0 Å². The smallest absolute Gasteiger partial charge is 0.127 e. The molecule has 78 valence electrons. The maximum Gasteiger partial charge on any atom is 0.127 e. The summed E-state index contributed by atoms with van der Waals surface area (Å²) in [4.78, 5) is 0. The maximum absolute atomic E-state index is 13.2. The molecular formula is C10H12ClFO2. The van der Waals surface area contributed by atoms with E-state index in [1.807, 2.05) is 0 Å². The third-order valence-electron chi connectivity index (χ3n) is 1.83. The first kappa shape index (κ1) is 11.4. The quantitative estimate of drug-likeness (QED) is 0.838. The first-order chi connectivity index (χ1) is 6.63. The summed E-state index contributed by atoms with van der Waals surface area (Å²) in [6.07, 6.45) is -0.452. The van der Waals surface area contributed by atoms with Gasteiger partial charge in [0, 0.05) is 18.6 Å². The van der Waals surface area contributed by atoms with E-state index in [-0.39, 0.29) is 13.0 Å². The van der Waals surface area contributed by atoms with Crippen molar-refractivity contribution >= 4 is 11.6 Å². The number of benzene rings is 1. The standard InChI is InChI=1S/C10H12ClFO2/c1-14-6-9(13)4-7-2-3-8(11)5-10(7)12/h2-3,5,9,13H,4,6H2,1H3. The lowest BCUT2D eigenvalue weighted by Crippen LogP contribution is -2.17. The van der Waals surface area contributed by atoms with E-state index < -0.39 is 11.9 Å². The normalized spacial score (nSPS) is 12.9. The molecule has 0 aliphatic heterocycles. The van der Waals surface area contributed by atoms with Gasteiger partial charge in [-0.05, 0) is 17.7 Å². The summed E-state index contributed by atoms with van der Waals surface area (Å²) in [6, 6.07) is 4.40. The number of hydrogen-bond donors (Lipinski definition) is 1. The van der Waals surface area contributed by atoms with E-state index in [2.05, 4.69) is 0 Å². The fourth-order valence-electron chi connectivity index (χ4n) is 1.19. The first-order valence-electron chi connectivity index (χ1n) is 4.24. The van der Waals surface area contributed by atoms with Crippen LogP contribution < -0.4 is 0 Å². The molecule has 0 amide bonds. The van der Waals surface area contributed by atoms with E-state index in [1.54, 1.807) is 12.1 Å². The van der Waals surface area contributed by atoms with Gasteiger partial charge in [0.25, 0.3) is 0 Å². The SMILES string of the molecule is COCC(O)Cc1ccc(Cl)cc1F. The lowest BCUT2D eigenvalue weighted by atomic mass is 10.1. The van der Waals surface area contributed by atoms with E-state index >= 15 is 0 Å². The van der Waals surface area contributed by atoms with Gasteiger partial charge in [-0.15, -0.1) is 0 Å². The van der Waals surface area contributed by atoms with Crippen molar-refractivity contribution in [3.63, 3.8) is 0 Å². The maximum atomic E-state index is 13.2. The monoisotopic (exact) mass is 218 g/mol. The Bertz CT molecular complexity index is 304. The lowest BCUT2D eigenvalue weighted by Gasteiger charge is -2.09. The van der Waals surface area contributed by atoms with Gasteiger partial charge < -0.3 is 9.84 Å². The molecule has 2 nitrogen and oxygen atoms in total. The Balaban J connectivity index is 2.67. The zero-order valence-electron chi connectivity index (χ0n) is 7.84. The van der Waals surface area contributed by atoms with Crippen LogP contribution in [0.3, 0.4) is 0 Å². The van der Waals surface area contributed by atoms with Crippen molar-refractivity contribution in [3.8, 4) is 0 Å². The highest BCUT2D eigenvalue weighted by molar-refractivity contribution is 6.30. The average Bonchev–Trinajstić information content (AvgIpc) is 2.10. The molecule has 0 spiro atoms. The predicted molar refractivity (Wildman–Crippen MR) is 53.0 cm³/mol. The van der Waals surface area contributed by atoms with Crippen LogP contribution in [0.15, 0.2) is 18.2 Å². The molecule has 1 rings (SSSR count). The third kappa shape index (κ3) is 3.25. The number of rotatable bonds is 4. The summed E-state index contributed by atoms with van der Waals surface area (Å²) in [5, 5.41) is 9.73. The number of ether oxygens (including phenoxy) is 1. The van der Waals surface area contributed by atoms with Gasteiger partial charge in [0.1, 0.15) is 5.82 Å². The highest BCUT2D eigenvalue weighted by atomic mass is 35.5. The Morgan fingerprint density at radius 1 is 1.57 bits per heavy atom. The number of aliphatic hydroxyl groups excluding tert-OH is 1. The molecule has 0 saturated heterocycles. The number of methoxy groups -OCH3 is 1. The summed E-state index contributed by atoms with van der Waals surface area (Å²) in [6.45, 7) is 0.196. The van der Waals surface area contributed by atoms with Gasteiger partial charge in [-0.1, -0.05) is 17.7 Å². The van der Waals surface area contributed by atoms with Gasteiger partial charge in [-0.2, -0.15) is 0 Å². The molecule has 1 atom stereocenters. The largest absolute Gasteiger partial charge is 0.390 e. The lowest BCUT2D eigenvalue weighted by molar-refractivity contribution is 0.0645. The molecule has 1 unspecified atom stereocenters. The van der Waals surface area contributed by atoms with Crippen LogP contribution in [-0.4, -0.2) is 24.9 Å². The molecule has 1 aromatic rings. The van der Waals surface area contributed by atoms with Crippen LogP contribution in [0.2, 0.25) is 5.02 Å². The van der Waals surface area contributed by atoms with Crippen molar-refractivity contribution in [2.75, 3.05) is 13.7 Å². The van der Waals surface area contributed by atoms with E-state index in [1.165, 1.54) is 13.2 Å². The molecule has 0 aliphatic carbocycles. The molecule has 0 fully saturated rings. The average molecular weight is 219 g/mol. The molecule has 0 aromatic heterocycles. The number of hydrogen-bond acceptors (Lipinski definition) is 2. The second-order valence-corrected chi connectivity index (χ2v) is 3.49. The highest BCUT2D eigenvalue weighted by Gasteiger charge is 2.09. The van der Waals surface area contributed by atoms with Crippen LogP contribution in [0.25, 0.3) is 0 Å². The molecule has 0 radical (unpaired) electrons. The van der Waals surface area contributed by atoms with Crippen LogP contribution in [0.1, 0.15) is 5.56 Å². The van der Waals surface area contributed by atoms with E-state index in [9.17, 15) is 9.50 Å². The molecule has 1 N–H and O–H groups in total. The summed E-state index contributed by atoms with van der Waals surface area (Å²) in [7, 11) is 1.49. The topological polar surface area (TPSA) is 29.5 Å². The fourth-order valence-corrected chi connectivity index (χ4v) is 1.35. The van der Waals surface area contributed by atoms with Gasteiger partial charge >= 0.3 is 0 Å². The summed E-state index contributed by atoms with van der Waals surface area (Å²) in [5.41, 5.74) is 0.443. The van der Waals surface area contributed by atoms with Gasteiger partial charge in [0.05, 0.1) is 12.7 Å². The van der Waals surface area contributed by atoms with Crippen molar-refractivity contribution in [2.45, 2.75) is 12.5 Å². The third-order valence-corrected chi connectivity index (χ3v) is 2.06. The molecule has 0 heterocycles. The Morgan fingerprint density at radius 2 is 2.29 bits per heavy atom. The Morgan fingerprint density at radius 3 is 2.86 bits per heavy atom. The molecule has 0 bridgehead atoms. The van der Waals surface area contributed by atoms with Crippen LogP contribution in [0.5, 0.6) is 0 Å². The minimum Gasteiger partial charge on any atom is -0.390 e. The van der Waals surface area contributed by atoms with Gasteiger partial charge in [0.15, 0.2) is 0 Å². The molecule has 4 heteroatoms. The van der Waals surface area contributed by atoms with E-state index in [4.69, 9.17) is 16.3 Å². The van der Waals surface area contributed by atoms with Crippen LogP contribution >= 0.6 is 11.6 Å². The minimum atomic E-state index is -0.685. The van der Waals surface area contributed by atoms with Crippen molar-refractivity contribution in [2.24, 2.45) is 0 Å². The number of halogens is 2. The van der Waals surface area contributed by atoms with Crippen LogP contribution in [0.4, 0.5) is 4.39 Å². The number of aliphatic hydroxyl groups is 1. The molecule has 0 saturated carbocycles. The van der Waals surface area contributed by atoms with Crippen molar-refractivity contribution in [3.05, 3.63) is 34.6 Å². The molecule has 14 heavy (non-hydrogen) atoms. The molecular weight excluding hydrogens is 207 g/mol.